The van der Waals surface area contributed by atoms with E-state index < -0.39 is 0 Å². The summed E-state index contributed by atoms with van der Waals surface area (Å²) in [4.78, 5) is 4.23. The van der Waals surface area contributed by atoms with E-state index in [0.717, 1.165) is 17.7 Å². The molecule has 0 saturated heterocycles. The largest absolute Gasteiger partial charge is 0.485 e. The molecule has 0 fully saturated rings. The highest BCUT2D eigenvalue weighted by atomic mass is 16.5. The fourth-order valence-electron chi connectivity index (χ4n) is 2.27. The van der Waals surface area contributed by atoms with Crippen molar-refractivity contribution in [3.63, 3.8) is 0 Å². The van der Waals surface area contributed by atoms with E-state index in [1.54, 1.807) is 6.20 Å². The fourth-order valence-corrected chi connectivity index (χ4v) is 2.27. The van der Waals surface area contributed by atoms with Crippen LogP contribution < -0.4 is 21.6 Å². The molecule has 1 aromatic carbocycles. The highest BCUT2D eigenvalue weighted by Crippen LogP contribution is 2.29. The van der Waals surface area contributed by atoms with Gasteiger partial charge in [-0.1, -0.05) is 19.9 Å². The second-order valence-electron chi connectivity index (χ2n) is 5.72. The molecule has 0 bridgehead atoms. The van der Waals surface area contributed by atoms with Crippen LogP contribution in [-0.2, 0) is 13.0 Å². The van der Waals surface area contributed by atoms with E-state index >= 15 is 0 Å². The number of nitrogen functional groups attached to an aromatic ring is 1. The van der Waals surface area contributed by atoms with Crippen molar-refractivity contribution in [1.82, 2.24) is 4.98 Å². The Morgan fingerprint density at radius 3 is 2.68 bits per heavy atom. The van der Waals surface area contributed by atoms with Gasteiger partial charge < -0.3 is 10.5 Å². The third kappa shape index (κ3) is 3.97. The van der Waals surface area contributed by atoms with Gasteiger partial charge in [-0.25, -0.2) is 0 Å². The normalized spacial score (nSPS) is 10.7. The van der Waals surface area contributed by atoms with Gasteiger partial charge in [0.2, 0.25) is 0 Å². The van der Waals surface area contributed by atoms with Crippen LogP contribution >= 0.6 is 0 Å². The molecule has 2 rings (SSSR count). The first kappa shape index (κ1) is 15.8. The van der Waals surface area contributed by atoms with Crippen LogP contribution in [0.25, 0.3) is 0 Å². The van der Waals surface area contributed by atoms with Gasteiger partial charge in [-0.3, -0.25) is 16.1 Å². The molecule has 0 spiro atoms. The lowest BCUT2D eigenvalue weighted by Crippen LogP contribution is -2.46. The molecule has 5 nitrogen and oxygen atoms in total. The van der Waals surface area contributed by atoms with Gasteiger partial charge in [0.15, 0.2) is 0 Å². The fraction of sp³-hybridized carbons (Fsp3) is 0.294. The maximum absolute atomic E-state index is 6.12. The summed E-state index contributed by atoms with van der Waals surface area (Å²) in [6, 6.07) is 9.56. The van der Waals surface area contributed by atoms with Crippen molar-refractivity contribution in [1.29, 1.82) is 0 Å². The summed E-state index contributed by atoms with van der Waals surface area (Å²) in [5, 5.41) is 5.74. The summed E-state index contributed by atoms with van der Waals surface area (Å²) < 4.78 is 5.82. The monoisotopic (exact) mass is 299 g/mol. The van der Waals surface area contributed by atoms with Crippen molar-refractivity contribution >= 4 is 11.5 Å². The van der Waals surface area contributed by atoms with Crippen molar-refractivity contribution in [2.24, 2.45) is 11.7 Å². The molecule has 2 aromatic rings. The van der Waals surface area contributed by atoms with Crippen molar-refractivity contribution < 1.29 is 10.1 Å². The summed E-state index contributed by atoms with van der Waals surface area (Å²) in [5.74, 6) is 1.30. The molecule has 0 unspecified atom stereocenters. The van der Waals surface area contributed by atoms with E-state index in [1.807, 2.05) is 30.3 Å². The predicted octanol–water partition coefficient (Wildman–Crippen LogP) is 0.906. The van der Waals surface area contributed by atoms with E-state index in [-0.39, 0.29) is 5.84 Å². The lowest BCUT2D eigenvalue weighted by molar-refractivity contribution is -0.114. The molecule has 0 amide bonds. The van der Waals surface area contributed by atoms with Crippen molar-refractivity contribution in [2.75, 3.05) is 5.73 Å². The highest BCUT2D eigenvalue weighted by Gasteiger charge is 2.15. The van der Waals surface area contributed by atoms with Crippen LogP contribution in [0.1, 0.15) is 30.7 Å². The summed E-state index contributed by atoms with van der Waals surface area (Å²) >= 11 is 0. The molecule has 0 saturated carbocycles. The van der Waals surface area contributed by atoms with E-state index in [9.17, 15) is 0 Å². The number of rotatable bonds is 6. The smallest absolute Gasteiger partial charge is 0.272 e. The van der Waals surface area contributed by atoms with Crippen molar-refractivity contribution in [3.8, 4) is 5.75 Å². The molecule has 0 radical (unpaired) electrons. The van der Waals surface area contributed by atoms with Gasteiger partial charge in [-0.05, 0) is 42.2 Å². The van der Waals surface area contributed by atoms with E-state index in [2.05, 4.69) is 18.8 Å². The summed E-state index contributed by atoms with van der Waals surface area (Å²) in [6.45, 7) is 4.65. The van der Waals surface area contributed by atoms with E-state index in [4.69, 9.17) is 21.6 Å². The summed E-state index contributed by atoms with van der Waals surface area (Å²) in [6.07, 6.45) is 2.63. The summed E-state index contributed by atoms with van der Waals surface area (Å²) in [5.41, 5.74) is 14.9. The second-order valence-corrected chi connectivity index (χ2v) is 5.72. The minimum atomic E-state index is 0.200. The van der Waals surface area contributed by atoms with Crippen LogP contribution in [0.2, 0.25) is 0 Å². The lowest BCUT2D eigenvalue weighted by atomic mass is 9.99. The number of aromatic nitrogens is 1. The average Bonchev–Trinajstić information content (AvgIpc) is 2.47. The number of nitrogens with two attached hydrogens (primary N) is 3. The maximum Gasteiger partial charge on any atom is 0.272 e. The molecule has 0 aliphatic carbocycles. The third-order valence-electron chi connectivity index (χ3n) is 3.26. The van der Waals surface area contributed by atoms with Gasteiger partial charge >= 0.3 is 0 Å². The second kappa shape index (κ2) is 6.93. The highest BCUT2D eigenvalue weighted by molar-refractivity contribution is 5.99. The van der Waals surface area contributed by atoms with Gasteiger partial charge in [0, 0.05) is 6.20 Å². The molecule has 1 aromatic heterocycles. The Morgan fingerprint density at radius 1 is 1.32 bits per heavy atom. The number of anilines is 1. The van der Waals surface area contributed by atoms with Gasteiger partial charge in [0.05, 0.1) is 16.9 Å². The van der Waals surface area contributed by atoms with Crippen molar-refractivity contribution in [2.45, 2.75) is 26.9 Å². The standard InChI is InChI=1S/C17H22N4O/c1-11(2)7-12-8-14(17(19)20)16(18)15(9-12)22-10-13-5-3-4-6-21-13/h3-6,8-9,11H,7,10,18H2,1-2H3,(H3,19,20)/p+1. The van der Waals surface area contributed by atoms with Crippen LogP contribution in [0.3, 0.4) is 0 Å². The zero-order valence-electron chi connectivity index (χ0n) is 13.0. The number of nitrogens with zero attached hydrogens (tertiary/aromatic N) is 1. The molecular weight excluding hydrogens is 276 g/mol. The first-order valence-corrected chi connectivity index (χ1v) is 7.30. The topological polar surface area (TPSA) is 99.8 Å². The number of hydrogen-bond acceptors (Lipinski definition) is 3. The summed E-state index contributed by atoms with van der Waals surface area (Å²) in [7, 11) is 0. The number of pyridine rings is 1. The first-order chi connectivity index (χ1) is 10.5. The Labute approximate surface area is 130 Å². The Balaban J connectivity index is 2.28. The van der Waals surface area contributed by atoms with Gasteiger partial charge in [-0.15, -0.1) is 0 Å². The molecule has 0 aliphatic heterocycles. The number of benzene rings is 1. The number of amidine groups is 1. The lowest BCUT2D eigenvalue weighted by Gasteiger charge is -2.14. The quantitative estimate of drug-likeness (QED) is 0.419. The van der Waals surface area contributed by atoms with E-state index in [0.29, 0.717) is 29.5 Å². The van der Waals surface area contributed by atoms with Crippen molar-refractivity contribution in [3.05, 3.63) is 53.3 Å². The van der Waals surface area contributed by atoms with Gasteiger partial charge in [-0.2, -0.15) is 0 Å². The van der Waals surface area contributed by atoms with Crippen LogP contribution in [-0.4, -0.2) is 10.8 Å². The third-order valence-corrected chi connectivity index (χ3v) is 3.26. The molecule has 6 N–H and O–H groups in total. The molecule has 0 atom stereocenters. The molecule has 0 aliphatic rings. The van der Waals surface area contributed by atoms with Crippen LogP contribution in [0.5, 0.6) is 5.75 Å². The average molecular weight is 299 g/mol. The van der Waals surface area contributed by atoms with Crippen LogP contribution in [0, 0.1) is 5.92 Å². The Hall–Kier alpha value is -2.56. The minimum absolute atomic E-state index is 0.200. The molecule has 22 heavy (non-hydrogen) atoms. The molecule has 5 heteroatoms. The SMILES string of the molecule is CC(C)Cc1cc(OCc2ccccn2)c(N)c(C(N)=[NH2+])c1. The Bertz CT molecular complexity index is 653. The predicted molar refractivity (Wildman–Crippen MR) is 88.2 cm³/mol. The zero-order chi connectivity index (χ0) is 16.1. The number of hydrogen-bond donors (Lipinski definition) is 3. The molecule has 116 valence electrons. The Morgan fingerprint density at radius 2 is 2.09 bits per heavy atom. The molecule has 1 heterocycles. The first-order valence-electron chi connectivity index (χ1n) is 7.30. The minimum Gasteiger partial charge on any atom is -0.485 e. The number of ether oxygens (including phenoxy) is 1. The zero-order valence-corrected chi connectivity index (χ0v) is 13.0. The van der Waals surface area contributed by atoms with Gasteiger partial charge in [0.25, 0.3) is 5.84 Å². The maximum atomic E-state index is 6.12. The van der Waals surface area contributed by atoms with E-state index in [1.165, 1.54) is 0 Å². The van der Waals surface area contributed by atoms with Crippen LogP contribution in [0.4, 0.5) is 5.69 Å². The molecular formula is C17H23N4O+. The van der Waals surface area contributed by atoms with Crippen LogP contribution in [0.15, 0.2) is 36.5 Å². The Kier molecular flexibility index (Phi) is 4.99. The van der Waals surface area contributed by atoms with Gasteiger partial charge in [0.1, 0.15) is 12.4 Å².